The van der Waals surface area contributed by atoms with Gasteiger partial charge in [-0.25, -0.2) is 0 Å². The molecule has 2 aliphatic rings. The fourth-order valence-electron chi connectivity index (χ4n) is 3.04. The second kappa shape index (κ2) is 6.84. The van der Waals surface area contributed by atoms with E-state index >= 15 is 0 Å². The van der Waals surface area contributed by atoms with Gasteiger partial charge in [0.1, 0.15) is 0 Å². The minimum atomic E-state index is -0.192. The molecule has 0 amide bonds. The summed E-state index contributed by atoms with van der Waals surface area (Å²) in [4.78, 5) is 7.22. The van der Waals surface area contributed by atoms with Crippen molar-refractivity contribution < 1.29 is 5.11 Å². The third-order valence-corrected chi connectivity index (χ3v) is 4.40. The Bertz CT molecular complexity index is 307. The van der Waals surface area contributed by atoms with E-state index in [1.807, 2.05) is 0 Å². The van der Waals surface area contributed by atoms with E-state index < -0.39 is 0 Å². The number of hydrogen-bond donors (Lipinski definition) is 1. The highest BCUT2D eigenvalue weighted by molar-refractivity contribution is 4.97. The van der Waals surface area contributed by atoms with Crippen LogP contribution in [0.15, 0.2) is 11.6 Å². The standard InChI is InChI=1S/C15H29N3O/c1-13(2)4-6-17-7-5-14(15(19)12-17)18-10-8-16(3)9-11-18/h4,14-15,19H,5-12H2,1-3H3/t14-,15-/m1/s1. The largest absolute Gasteiger partial charge is 0.390 e. The minimum absolute atomic E-state index is 0.192. The molecule has 0 aliphatic carbocycles. The summed E-state index contributed by atoms with van der Waals surface area (Å²) in [7, 11) is 2.18. The Morgan fingerprint density at radius 3 is 2.42 bits per heavy atom. The van der Waals surface area contributed by atoms with Crippen molar-refractivity contribution in [3.05, 3.63) is 11.6 Å². The molecule has 2 saturated heterocycles. The molecule has 2 fully saturated rings. The monoisotopic (exact) mass is 267 g/mol. The van der Waals surface area contributed by atoms with Crippen LogP contribution in [0, 0.1) is 0 Å². The van der Waals surface area contributed by atoms with Crippen molar-refractivity contribution in [3.8, 4) is 0 Å². The number of rotatable bonds is 3. The van der Waals surface area contributed by atoms with E-state index in [0.717, 1.165) is 52.2 Å². The lowest BCUT2D eigenvalue weighted by molar-refractivity contribution is -0.0239. The van der Waals surface area contributed by atoms with Crippen molar-refractivity contribution in [2.45, 2.75) is 32.4 Å². The molecule has 110 valence electrons. The number of piperidine rings is 1. The van der Waals surface area contributed by atoms with Crippen LogP contribution in [-0.4, -0.2) is 84.8 Å². The predicted octanol–water partition coefficient (Wildman–Crippen LogP) is 0.635. The van der Waals surface area contributed by atoms with Gasteiger partial charge in [0.2, 0.25) is 0 Å². The number of allylic oxidation sites excluding steroid dienone is 1. The number of likely N-dealkylation sites (N-methyl/N-ethyl adjacent to an activating group) is 1. The quantitative estimate of drug-likeness (QED) is 0.760. The SMILES string of the molecule is CC(C)=CCN1CC[C@@H](N2CCN(C)CC2)[C@H](O)C1. The van der Waals surface area contributed by atoms with Crippen LogP contribution >= 0.6 is 0 Å². The zero-order valence-electron chi connectivity index (χ0n) is 12.7. The van der Waals surface area contributed by atoms with Crippen LogP contribution in [-0.2, 0) is 0 Å². The number of aliphatic hydroxyl groups excluding tert-OH is 1. The van der Waals surface area contributed by atoms with Gasteiger partial charge in [-0.2, -0.15) is 0 Å². The van der Waals surface area contributed by atoms with Crippen LogP contribution in [0.3, 0.4) is 0 Å². The Morgan fingerprint density at radius 1 is 1.16 bits per heavy atom. The van der Waals surface area contributed by atoms with Crippen LogP contribution in [0.5, 0.6) is 0 Å². The van der Waals surface area contributed by atoms with Crippen molar-refractivity contribution in [2.24, 2.45) is 0 Å². The number of nitrogens with zero attached hydrogens (tertiary/aromatic N) is 3. The maximum atomic E-state index is 10.4. The van der Waals surface area contributed by atoms with Crippen molar-refractivity contribution >= 4 is 0 Å². The molecule has 0 spiro atoms. The number of hydrogen-bond acceptors (Lipinski definition) is 4. The average molecular weight is 267 g/mol. The fourth-order valence-corrected chi connectivity index (χ4v) is 3.04. The van der Waals surface area contributed by atoms with E-state index in [9.17, 15) is 5.11 Å². The first kappa shape index (κ1) is 15.0. The molecule has 4 heteroatoms. The second-order valence-corrected chi connectivity index (χ2v) is 6.30. The molecule has 2 atom stereocenters. The summed E-state index contributed by atoms with van der Waals surface area (Å²) >= 11 is 0. The van der Waals surface area contributed by atoms with Crippen LogP contribution in [0.4, 0.5) is 0 Å². The number of likely N-dealkylation sites (tertiary alicyclic amines) is 1. The Kier molecular flexibility index (Phi) is 5.39. The summed E-state index contributed by atoms with van der Waals surface area (Å²) < 4.78 is 0. The number of aliphatic hydroxyl groups is 1. The van der Waals surface area contributed by atoms with Gasteiger partial charge >= 0.3 is 0 Å². The zero-order chi connectivity index (χ0) is 13.8. The average Bonchev–Trinajstić information content (AvgIpc) is 2.38. The Balaban J connectivity index is 1.81. The molecule has 2 rings (SSSR count). The third kappa shape index (κ3) is 4.28. The summed E-state index contributed by atoms with van der Waals surface area (Å²) in [5, 5.41) is 10.4. The Labute approximate surface area is 117 Å². The molecule has 4 nitrogen and oxygen atoms in total. The van der Waals surface area contributed by atoms with E-state index in [1.165, 1.54) is 5.57 Å². The second-order valence-electron chi connectivity index (χ2n) is 6.30. The number of piperazine rings is 1. The number of β-amino-alcohol motifs (C(OH)–C–C–N with tert-alkyl or cyclic N) is 1. The molecular formula is C15H29N3O. The molecule has 2 aliphatic heterocycles. The molecule has 0 unspecified atom stereocenters. The predicted molar refractivity (Wildman–Crippen MR) is 79.4 cm³/mol. The lowest BCUT2D eigenvalue weighted by Gasteiger charge is -2.44. The maximum Gasteiger partial charge on any atom is 0.0822 e. The van der Waals surface area contributed by atoms with Crippen LogP contribution in [0.2, 0.25) is 0 Å². The molecule has 2 heterocycles. The van der Waals surface area contributed by atoms with Gasteiger partial charge in [0.05, 0.1) is 6.10 Å². The highest BCUT2D eigenvalue weighted by Gasteiger charge is 2.32. The van der Waals surface area contributed by atoms with Crippen LogP contribution in [0.1, 0.15) is 20.3 Å². The Morgan fingerprint density at radius 2 is 1.84 bits per heavy atom. The molecular weight excluding hydrogens is 238 g/mol. The molecule has 0 aromatic heterocycles. The summed E-state index contributed by atoms with van der Waals surface area (Å²) in [5.41, 5.74) is 1.36. The first-order valence-electron chi connectivity index (χ1n) is 7.52. The van der Waals surface area contributed by atoms with E-state index in [2.05, 4.69) is 41.7 Å². The lowest BCUT2D eigenvalue weighted by atomic mass is 9.99. The van der Waals surface area contributed by atoms with Gasteiger partial charge in [-0.3, -0.25) is 9.80 Å². The van der Waals surface area contributed by atoms with Gasteiger partial charge in [0.15, 0.2) is 0 Å². The highest BCUT2D eigenvalue weighted by Crippen LogP contribution is 2.18. The van der Waals surface area contributed by atoms with Gasteiger partial charge in [-0.05, 0) is 27.3 Å². The maximum absolute atomic E-state index is 10.4. The van der Waals surface area contributed by atoms with Crippen molar-refractivity contribution in [1.82, 2.24) is 14.7 Å². The summed E-state index contributed by atoms with van der Waals surface area (Å²) in [6, 6.07) is 0.372. The molecule has 0 aromatic carbocycles. The van der Waals surface area contributed by atoms with E-state index in [1.54, 1.807) is 0 Å². The van der Waals surface area contributed by atoms with E-state index in [-0.39, 0.29) is 6.10 Å². The normalized spacial score (nSPS) is 31.4. The Hall–Kier alpha value is -0.420. The van der Waals surface area contributed by atoms with Crippen molar-refractivity contribution in [2.75, 3.05) is 52.9 Å². The van der Waals surface area contributed by atoms with Gasteiger partial charge in [-0.15, -0.1) is 0 Å². The minimum Gasteiger partial charge on any atom is -0.390 e. The molecule has 0 radical (unpaired) electrons. The first-order valence-corrected chi connectivity index (χ1v) is 7.52. The van der Waals surface area contributed by atoms with Gasteiger partial charge in [-0.1, -0.05) is 11.6 Å². The van der Waals surface area contributed by atoms with Gasteiger partial charge < -0.3 is 10.0 Å². The van der Waals surface area contributed by atoms with Crippen LogP contribution < -0.4 is 0 Å². The topological polar surface area (TPSA) is 30.0 Å². The first-order chi connectivity index (χ1) is 9.06. The van der Waals surface area contributed by atoms with Crippen molar-refractivity contribution in [3.63, 3.8) is 0 Å². The molecule has 1 N–H and O–H groups in total. The van der Waals surface area contributed by atoms with Crippen LogP contribution in [0.25, 0.3) is 0 Å². The van der Waals surface area contributed by atoms with Gasteiger partial charge in [0, 0.05) is 51.9 Å². The fraction of sp³-hybridized carbons (Fsp3) is 0.867. The summed E-state index contributed by atoms with van der Waals surface area (Å²) in [6.45, 7) is 11.6. The zero-order valence-corrected chi connectivity index (χ0v) is 12.7. The molecule has 0 bridgehead atoms. The molecule has 0 aromatic rings. The summed E-state index contributed by atoms with van der Waals surface area (Å²) in [6.07, 6.45) is 3.16. The smallest absolute Gasteiger partial charge is 0.0822 e. The summed E-state index contributed by atoms with van der Waals surface area (Å²) in [5.74, 6) is 0. The molecule has 19 heavy (non-hydrogen) atoms. The highest BCUT2D eigenvalue weighted by atomic mass is 16.3. The van der Waals surface area contributed by atoms with E-state index in [0.29, 0.717) is 6.04 Å². The van der Waals surface area contributed by atoms with Crippen molar-refractivity contribution in [1.29, 1.82) is 0 Å². The molecule has 0 saturated carbocycles. The van der Waals surface area contributed by atoms with Gasteiger partial charge in [0.25, 0.3) is 0 Å². The lowest BCUT2D eigenvalue weighted by Crippen LogP contribution is -2.58. The third-order valence-electron chi connectivity index (χ3n) is 4.40. The van der Waals surface area contributed by atoms with E-state index in [4.69, 9.17) is 0 Å².